The maximum absolute atomic E-state index is 4.32. The van der Waals surface area contributed by atoms with E-state index in [1.807, 2.05) is 12.3 Å². The van der Waals surface area contributed by atoms with E-state index in [1.54, 1.807) is 0 Å². The first-order chi connectivity index (χ1) is 5.38. The van der Waals surface area contributed by atoms with Gasteiger partial charge in [-0.05, 0) is 25.0 Å². The topological polar surface area (TPSA) is 16.1 Å². The summed E-state index contributed by atoms with van der Waals surface area (Å²) >= 11 is 2.34. The summed E-state index contributed by atoms with van der Waals surface area (Å²) in [5, 5.41) is 0. The number of aromatic nitrogens is 1. The van der Waals surface area contributed by atoms with Gasteiger partial charge in [0.2, 0.25) is 0 Å². The van der Waals surface area contributed by atoms with Crippen molar-refractivity contribution in [3.05, 3.63) is 24.0 Å². The van der Waals surface area contributed by atoms with Crippen LogP contribution in [0.1, 0.15) is 12.1 Å². The Morgan fingerprint density at radius 3 is 3.27 bits per heavy atom. The van der Waals surface area contributed by atoms with Crippen molar-refractivity contribution in [3.8, 4) is 0 Å². The van der Waals surface area contributed by atoms with Crippen LogP contribution in [0.4, 0.5) is 5.69 Å². The summed E-state index contributed by atoms with van der Waals surface area (Å²) in [6.07, 6.45) is 4.23. The highest BCUT2D eigenvalue weighted by molar-refractivity contribution is 14.1. The number of rotatable bonds is 0. The number of fused-ring (bicyclic) bond motifs is 1. The van der Waals surface area contributed by atoms with Gasteiger partial charge >= 0.3 is 0 Å². The summed E-state index contributed by atoms with van der Waals surface area (Å²) in [6.45, 7) is 1.15. The SMILES string of the molecule is IN1CCCc2ncccc21. The summed E-state index contributed by atoms with van der Waals surface area (Å²) in [6, 6.07) is 4.13. The van der Waals surface area contributed by atoms with Crippen LogP contribution in [0.5, 0.6) is 0 Å². The molecule has 2 nitrogen and oxygen atoms in total. The van der Waals surface area contributed by atoms with Gasteiger partial charge in [-0.2, -0.15) is 0 Å². The Balaban J connectivity index is 2.44. The van der Waals surface area contributed by atoms with Crippen LogP contribution in [-0.2, 0) is 6.42 Å². The summed E-state index contributed by atoms with van der Waals surface area (Å²) in [5.74, 6) is 0. The van der Waals surface area contributed by atoms with Gasteiger partial charge in [0.25, 0.3) is 0 Å². The molecule has 0 fully saturated rings. The Bertz CT molecular complexity index is 262. The Kier molecular flexibility index (Phi) is 1.98. The Morgan fingerprint density at radius 2 is 2.45 bits per heavy atom. The number of aryl methyl sites for hydroxylation is 1. The predicted molar refractivity (Wildman–Crippen MR) is 53.9 cm³/mol. The standard InChI is InChI=1S/C8H9IN2/c9-11-6-2-3-7-8(11)4-1-5-10-7/h1,4-5H,2-3,6H2. The smallest absolute Gasteiger partial charge is 0.0672 e. The predicted octanol–water partition coefficient (Wildman–Crippen LogP) is 2.18. The minimum absolute atomic E-state index is 1.13. The maximum Gasteiger partial charge on any atom is 0.0672 e. The van der Waals surface area contributed by atoms with Gasteiger partial charge in [0, 0.05) is 12.7 Å². The number of halogens is 1. The van der Waals surface area contributed by atoms with Gasteiger partial charge in [0.05, 0.1) is 34.2 Å². The van der Waals surface area contributed by atoms with Crippen molar-refractivity contribution in [2.24, 2.45) is 0 Å². The zero-order valence-corrected chi connectivity index (χ0v) is 8.28. The third-order valence-corrected chi connectivity index (χ3v) is 2.90. The minimum Gasteiger partial charge on any atom is -0.313 e. The molecular weight excluding hydrogens is 251 g/mol. The van der Waals surface area contributed by atoms with E-state index in [-0.39, 0.29) is 0 Å². The summed E-state index contributed by atoms with van der Waals surface area (Å²) < 4.78 is 2.24. The molecule has 3 heteroatoms. The Hall–Kier alpha value is -0.320. The fraction of sp³-hybridized carbons (Fsp3) is 0.375. The molecule has 0 saturated heterocycles. The lowest BCUT2D eigenvalue weighted by atomic mass is 10.1. The highest BCUT2D eigenvalue weighted by Gasteiger charge is 2.13. The second-order valence-electron chi connectivity index (χ2n) is 2.66. The second-order valence-corrected chi connectivity index (χ2v) is 3.82. The molecule has 0 spiro atoms. The van der Waals surface area contributed by atoms with Crippen molar-refractivity contribution >= 4 is 28.6 Å². The molecule has 0 radical (unpaired) electrons. The van der Waals surface area contributed by atoms with E-state index < -0.39 is 0 Å². The summed E-state index contributed by atoms with van der Waals surface area (Å²) in [5.41, 5.74) is 2.53. The molecule has 58 valence electrons. The molecular formula is C8H9IN2. The van der Waals surface area contributed by atoms with Crippen LogP contribution in [0, 0.1) is 0 Å². The van der Waals surface area contributed by atoms with Crippen molar-refractivity contribution in [1.82, 2.24) is 4.98 Å². The van der Waals surface area contributed by atoms with Gasteiger partial charge in [0.1, 0.15) is 0 Å². The van der Waals surface area contributed by atoms with E-state index >= 15 is 0 Å². The monoisotopic (exact) mass is 260 g/mol. The molecule has 0 N–H and O–H groups in total. The zero-order chi connectivity index (χ0) is 7.68. The third-order valence-electron chi connectivity index (χ3n) is 1.90. The van der Waals surface area contributed by atoms with Gasteiger partial charge in [-0.3, -0.25) is 4.98 Å². The molecule has 1 aliphatic rings. The molecule has 0 atom stereocenters. The van der Waals surface area contributed by atoms with E-state index in [9.17, 15) is 0 Å². The van der Waals surface area contributed by atoms with Crippen molar-refractivity contribution < 1.29 is 0 Å². The Labute approximate surface area is 80.1 Å². The van der Waals surface area contributed by atoms with Crippen LogP contribution in [0.3, 0.4) is 0 Å². The van der Waals surface area contributed by atoms with E-state index in [4.69, 9.17) is 0 Å². The molecule has 0 bridgehead atoms. The normalized spacial score (nSPS) is 16.3. The van der Waals surface area contributed by atoms with E-state index in [1.165, 1.54) is 17.8 Å². The molecule has 11 heavy (non-hydrogen) atoms. The molecule has 1 aromatic rings. The first-order valence-electron chi connectivity index (χ1n) is 3.75. The highest BCUT2D eigenvalue weighted by atomic mass is 127. The zero-order valence-electron chi connectivity index (χ0n) is 6.13. The average Bonchev–Trinajstić information content (AvgIpc) is 2.06. The number of pyridine rings is 1. The van der Waals surface area contributed by atoms with Crippen LogP contribution in [0.25, 0.3) is 0 Å². The fourth-order valence-electron chi connectivity index (χ4n) is 1.35. The van der Waals surface area contributed by atoms with E-state index in [2.05, 4.69) is 37.0 Å². The largest absolute Gasteiger partial charge is 0.313 e. The van der Waals surface area contributed by atoms with Crippen molar-refractivity contribution in [2.75, 3.05) is 9.66 Å². The van der Waals surface area contributed by atoms with Crippen LogP contribution in [0.15, 0.2) is 18.3 Å². The van der Waals surface area contributed by atoms with Gasteiger partial charge in [0.15, 0.2) is 0 Å². The van der Waals surface area contributed by atoms with Crippen LogP contribution < -0.4 is 3.11 Å². The lowest BCUT2D eigenvalue weighted by Crippen LogP contribution is -2.19. The highest BCUT2D eigenvalue weighted by Crippen LogP contribution is 2.27. The van der Waals surface area contributed by atoms with Crippen molar-refractivity contribution in [1.29, 1.82) is 0 Å². The van der Waals surface area contributed by atoms with Crippen molar-refractivity contribution in [3.63, 3.8) is 0 Å². The molecule has 0 aliphatic carbocycles. The van der Waals surface area contributed by atoms with Crippen LogP contribution in [0.2, 0.25) is 0 Å². The van der Waals surface area contributed by atoms with Gasteiger partial charge < -0.3 is 3.11 Å². The second kappa shape index (κ2) is 2.97. The lowest BCUT2D eigenvalue weighted by Gasteiger charge is -2.23. The molecule has 0 amide bonds. The number of nitrogens with zero attached hydrogens (tertiary/aromatic N) is 2. The summed E-state index contributed by atoms with van der Waals surface area (Å²) in [7, 11) is 0. The maximum atomic E-state index is 4.32. The quantitative estimate of drug-likeness (QED) is 0.525. The third kappa shape index (κ3) is 1.34. The molecule has 0 saturated carbocycles. The number of hydrogen-bond donors (Lipinski definition) is 0. The molecule has 1 aromatic heterocycles. The van der Waals surface area contributed by atoms with Crippen LogP contribution in [-0.4, -0.2) is 11.5 Å². The number of anilines is 1. The molecule has 2 heterocycles. The first-order valence-corrected chi connectivity index (χ1v) is 4.71. The Morgan fingerprint density at radius 1 is 1.55 bits per heavy atom. The van der Waals surface area contributed by atoms with Crippen LogP contribution >= 0.6 is 22.9 Å². The van der Waals surface area contributed by atoms with Gasteiger partial charge in [-0.15, -0.1) is 0 Å². The lowest BCUT2D eigenvalue weighted by molar-refractivity contribution is 0.780. The van der Waals surface area contributed by atoms with E-state index in [0.717, 1.165) is 13.0 Å². The molecule has 0 aromatic carbocycles. The summed E-state index contributed by atoms with van der Waals surface area (Å²) in [4.78, 5) is 4.32. The molecule has 1 aliphatic heterocycles. The average molecular weight is 260 g/mol. The van der Waals surface area contributed by atoms with E-state index in [0.29, 0.717) is 0 Å². The van der Waals surface area contributed by atoms with Gasteiger partial charge in [-0.1, -0.05) is 0 Å². The van der Waals surface area contributed by atoms with Crippen molar-refractivity contribution in [2.45, 2.75) is 12.8 Å². The first kappa shape index (κ1) is 7.34. The van der Waals surface area contributed by atoms with Gasteiger partial charge in [-0.25, -0.2) is 0 Å². The molecule has 0 unspecified atom stereocenters. The fourth-order valence-corrected chi connectivity index (χ4v) is 2.13. The minimum atomic E-state index is 1.13. The molecule has 2 rings (SSSR count). The number of hydrogen-bond acceptors (Lipinski definition) is 2.